The van der Waals surface area contributed by atoms with Crippen LogP contribution in [-0.2, 0) is 0 Å². The van der Waals surface area contributed by atoms with Crippen LogP contribution in [-0.4, -0.2) is 21.2 Å². The summed E-state index contributed by atoms with van der Waals surface area (Å²) in [5.74, 6) is 2.43. The lowest BCUT2D eigenvalue weighted by Gasteiger charge is -2.02. The lowest BCUT2D eigenvalue weighted by Crippen LogP contribution is -2.23. The molecule has 3 aromatic heterocycles. The zero-order chi connectivity index (χ0) is 22.2. The first-order valence-electron chi connectivity index (χ1n) is 9.71. The van der Waals surface area contributed by atoms with Crippen molar-refractivity contribution in [3.63, 3.8) is 0 Å². The Morgan fingerprint density at radius 1 is 1.06 bits per heavy atom. The summed E-state index contributed by atoms with van der Waals surface area (Å²) < 4.78 is 13.1. The van der Waals surface area contributed by atoms with Gasteiger partial charge in [0.2, 0.25) is 4.96 Å². The van der Waals surface area contributed by atoms with Crippen LogP contribution in [0.2, 0.25) is 10.0 Å². The second-order valence-corrected chi connectivity index (χ2v) is 8.66. The van der Waals surface area contributed by atoms with Crippen LogP contribution >= 0.6 is 34.5 Å². The fourth-order valence-corrected chi connectivity index (χ4v) is 4.37. The Labute approximate surface area is 196 Å². The molecular formula is C23H15Cl2N3O3S. The van der Waals surface area contributed by atoms with Crippen molar-refractivity contribution in [2.75, 3.05) is 6.61 Å². The highest BCUT2D eigenvalue weighted by molar-refractivity contribution is 7.15. The maximum absolute atomic E-state index is 12.8. The quantitative estimate of drug-likeness (QED) is 0.337. The first kappa shape index (κ1) is 20.8. The topological polar surface area (TPSA) is 69.6 Å². The number of aromatic nitrogens is 3. The molecule has 160 valence electrons. The molecule has 32 heavy (non-hydrogen) atoms. The van der Waals surface area contributed by atoms with Gasteiger partial charge in [-0.15, -0.1) is 5.10 Å². The van der Waals surface area contributed by atoms with Gasteiger partial charge in [0, 0.05) is 17.2 Å². The van der Waals surface area contributed by atoms with E-state index in [4.69, 9.17) is 32.4 Å². The van der Waals surface area contributed by atoms with E-state index in [1.807, 2.05) is 43.3 Å². The predicted octanol–water partition coefficient (Wildman–Crippen LogP) is 5.33. The third-order valence-corrected chi connectivity index (χ3v) is 6.41. The van der Waals surface area contributed by atoms with E-state index in [0.717, 1.165) is 16.9 Å². The molecule has 0 saturated carbocycles. The summed E-state index contributed by atoms with van der Waals surface area (Å²) in [4.78, 5) is 17.8. The SMILES string of the molecule is CCOc1ccc(-c2nc3sc(=Cc4ccc(-c5ccc(Cl)c(Cl)c5)o4)c(=O)n3n2)cc1. The van der Waals surface area contributed by atoms with Gasteiger partial charge in [-0.3, -0.25) is 4.79 Å². The van der Waals surface area contributed by atoms with Gasteiger partial charge in [0.25, 0.3) is 5.56 Å². The summed E-state index contributed by atoms with van der Waals surface area (Å²) in [5.41, 5.74) is 1.36. The molecule has 0 aliphatic heterocycles. The van der Waals surface area contributed by atoms with Gasteiger partial charge in [-0.05, 0) is 61.5 Å². The zero-order valence-corrected chi connectivity index (χ0v) is 19.0. The molecule has 0 aliphatic rings. The Hall–Kier alpha value is -3.13. The highest BCUT2D eigenvalue weighted by atomic mass is 35.5. The normalized spacial score (nSPS) is 12.0. The third-order valence-electron chi connectivity index (χ3n) is 4.71. The van der Waals surface area contributed by atoms with E-state index in [0.29, 0.717) is 43.5 Å². The summed E-state index contributed by atoms with van der Waals surface area (Å²) in [6.45, 7) is 2.53. The number of rotatable bonds is 5. The summed E-state index contributed by atoms with van der Waals surface area (Å²) in [5, 5.41) is 5.30. The van der Waals surface area contributed by atoms with Crippen LogP contribution in [0.1, 0.15) is 12.7 Å². The molecule has 0 saturated heterocycles. The van der Waals surface area contributed by atoms with Crippen molar-refractivity contribution in [1.29, 1.82) is 0 Å². The number of thiazole rings is 1. The number of hydrogen-bond donors (Lipinski definition) is 0. The van der Waals surface area contributed by atoms with E-state index in [1.54, 1.807) is 24.3 Å². The minimum Gasteiger partial charge on any atom is -0.494 e. The van der Waals surface area contributed by atoms with Crippen LogP contribution in [0.25, 0.3) is 33.7 Å². The molecule has 6 nitrogen and oxygen atoms in total. The van der Waals surface area contributed by atoms with Crippen molar-refractivity contribution < 1.29 is 9.15 Å². The number of hydrogen-bond acceptors (Lipinski definition) is 6. The minimum atomic E-state index is -0.248. The number of ether oxygens (including phenoxy) is 1. The number of fused-ring (bicyclic) bond motifs is 1. The Morgan fingerprint density at radius 3 is 2.56 bits per heavy atom. The van der Waals surface area contributed by atoms with Gasteiger partial charge in [-0.1, -0.05) is 34.5 Å². The highest BCUT2D eigenvalue weighted by Crippen LogP contribution is 2.29. The van der Waals surface area contributed by atoms with Gasteiger partial charge in [0.15, 0.2) is 5.82 Å². The number of benzene rings is 2. The van der Waals surface area contributed by atoms with Crippen molar-refractivity contribution in [2.24, 2.45) is 0 Å². The largest absolute Gasteiger partial charge is 0.494 e. The van der Waals surface area contributed by atoms with Gasteiger partial charge < -0.3 is 9.15 Å². The second kappa shape index (κ2) is 8.43. The van der Waals surface area contributed by atoms with E-state index in [1.165, 1.54) is 15.9 Å². The van der Waals surface area contributed by atoms with E-state index < -0.39 is 0 Å². The molecule has 0 fully saturated rings. The molecule has 3 heterocycles. The molecular weight excluding hydrogens is 469 g/mol. The van der Waals surface area contributed by atoms with Crippen molar-refractivity contribution >= 4 is 45.6 Å². The van der Waals surface area contributed by atoms with Gasteiger partial charge in [0.05, 0.1) is 16.7 Å². The summed E-state index contributed by atoms with van der Waals surface area (Å²) in [7, 11) is 0. The zero-order valence-electron chi connectivity index (χ0n) is 16.7. The van der Waals surface area contributed by atoms with Crippen LogP contribution in [0.15, 0.2) is 63.8 Å². The molecule has 0 unspecified atom stereocenters. The molecule has 5 aromatic rings. The van der Waals surface area contributed by atoms with Crippen molar-refractivity contribution in [1.82, 2.24) is 14.6 Å². The average molecular weight is 484 g/mol. The summed E-state index contributed by atoms with van der Waals surface area (Å²) >= 11 is 13.3. The lowest BCUT2D eigenvalue weighted by molar-refractivity contribution is 0.340. The predicted molar refractivity (Wildman–Crippen MR) is 127 cm³/mol. The van der Waals surface area contributed by atoms with Crippen LogP contribution < -0.4 is 14.8 Å². The molecule has 5 rings (SSSR count). The average Bonchev–Trinajstić information content (AvgIpc) is 3.49. The van der Waals surface area contributed by atoms with Gasteiger partial charge >= 0.3 is 0 Å². The fraction of sp³-hybridized carbons (Fsp3) is 0.0870. The minimum absolute atomic E-state index is 0.248. The monoisotopic (exact) mass is 483 g/mol. The maximum Gasteiger partial charge on any atom is 0.291 e. The van der Waals surface area contributed by atoms with E-state index >= 15 is 0 Å². The molecule has 0 radical (unpaired) electrons. The Bertz CT molecular complexity index is 1540. The van der Waals surface area contributed by atoms with Crippen molar-refractivity contribution in [3.05, 3.63) is 85.3 Å². The molecule has 9 heteroatoms. The third kappa shape index (κ3) is 3.90. The first-order valence-corrected chi connectivity index (χ1v) is 11.3. The van der Waals surface area contributed by atoms with Gasteiger partial charge in [-0.2, -0.15) is 9.50 Å². The van der Waals surface area contributed by atoms with Crippen molar-refractivity contribution in [3.8, 4) is 28.5 Å². The molecule has 0 N–H and O–H groups in total. The highest BCUT2D eigenvalue weighted by Gasteiger charge is 2.13. The summed E-state index contributed by atoms with van der Waals surface area (Å²) in [6.07, 6.45) is 1.68. The Morgan fingerprint density at radius 2 is 1.84 bits per heavy atom. The van der Waals surface area contributed by atoms with Crippen LogP contribution in [0.3, 0.4) is 0 Å². The first-order chi connectivity index (χ1) is 15.5. The Balaban J connectivity index is 1.46. The molecule has 0 amide bonds. The van der Waals surface area contributed by atoms with E-state index in [2.05, 4.69) is 10.1 Å². The molecule has 0 aliphatic carbocycles. The van der Waals surface area contributed by atoms with Gasteiger partial charge in [0.1, 0.15) is 21.8 Å². The maximum atomic E-state index is 12.8. The molecule has 0 bridgehead atoms. The Kier molecular flexibility index (Phi) is 5.46. The van der Waals surface area contributed by atoms with Gasteiger partial charge in [-0.25, -0.2) is 0 Å². The summed E-state index contributed by atoms with van der Waals surface area (Å²) in [6, 6.07) is 16.3. The fourth-order valence-electron chi connectivity index (χ4n) is 3.19. The molecule has 0 spiro atoms. The van der Waals surface area contributed by atoms with Crippen LogP contribution in [0, 0.1) is 0 Å². The number of nitrogens with zero attached hydrogens (tertiary/aromatic N) is 3. The standard InChI is InChI=1S/C23H15Cl2N3O3S/c1-2-30-15-6-3-13(4-7-15)21-26-23-28(27-21)22(29)20(32-23)12-16-8-10-19(31-16)14-5-9-17(24)18(25)11-14/h3-12H,2H2,1H3. The van der Waals surface area contributed by atoms with E-state index in [9.17, 15) is 4.79 Å². The van der Waals surface area contributed by atoms with Crippen LogP contribution in [0.5, 0.6) is 5.75 Å². The van der Waals surface area contributed by atoms with Crippen molar-refractivity contribution in [2.45, 2.75) is 6.92 Å². The lowest BCUT2D eigenvalue weighted by atomic mass is 10.2. The number of halogens is 2. The van der Waals surface area contributed by atoms with Crippen LogP contribution in [0.4, 0.5) is 0 Å². The second-order valence-electron chi connectivity index (χ2n) is 6.83. The molecule has 0 atom stereocenters. The molecule has 2 aromatic carbocycles. The smallest absolute Gasteiger partial charge is 0.291 e. The number of furan rings is 1. The van der Waals surface area contributed by atoms with E-state index in [-0.39, 0.29) is 5.56 Å².